The second kappa shape index (κ2) is 5.77. The van der Waals surface area contributed by atoms with E-state index in [0.29, 0.717) is 34.6 Å². The number of nitrogens with one attached hydrogen (secondary N) is 1. The SMILES string of the molecule is CCOc1cc(-c2nc3ccc(N)cc3[nH]2)cc(Cl)c1OC. The Hall–Kier alpha value is -2.40. The number of benzene rings is 2. The average molecular weight is 318 g/mol. The van der Waals surface area contributed by atoms with Crippen molar-refractivity contribution < 1.29 is 9.47 Å². The summed E-state index contributed by atoms with van der Waals surface area (Å²) in [6.45, 7) is 2.43. The second-order valence-electron chi connectivity index (χ2n) is 4.78. The van der Waals surface area contributed by atoms with Crippen molar-refractivity contribution in [3.8, 4) is 22.9 Å². The number of H-pyrrole nitrogens is 1. The topological polar surface area (TPSA) is 73.2 Å². The van der Waals surface area contributed by atoms with E-state index < -0.39 is 0 Å². The number of methoxy groups -OCH3 is 1. The summed E-state index contributed by atoms with van der Waals surface area (Å²) in [6, 6.07) is 9.19. The van der Waals surface area contributed by atoms with Crippen molar-refractivity contribution in [3.63, 3.8) is 0 Å². The van der Waals surface area contributed by atoms with Gasteiger partial charge in [-0.3, -0.25) is 0 Å². The fraction of sp³-hybridized carbons (Fsp3) is 0.188. The van der Waals surface area contributed by atoms with Gasteiger partial charge in [0.25, 0.3) is 0 Å². The Morgan fingerprint density at radius 3 is 2.82 bits per heavy atom. The number of rotatable bonds is 4. The molecule has 2 aromatic carbocycles. The van der Waals surface area contributed by atoms with E-state index in [2.05, 4.69) is 9.97 Å². The van der Waals surface area contributed by atoms with Crippen LogP contribution in [0.5, 0.6) is 11.5 Å². The second-order valence-corrected chi connectivity index (χ2v) is 5.19. The Bertz CT molecular complexity index is 830. The maximum absolute atomic E-state index is 6.28. The molecule has 0 spiro atoms. The molecule has 0 aliphatic carbocycles. The summed E-state index contributed by atoms with van der Waals surface area (Å²) >= 11 is 6.28. The summed E-state index contributed by atoms with van der Waals surface area (Å²) in [7, 11) is 1.56. The van der Waals surface area contributed by atoms with Crippen LogP contribution in [0.25, 0.3) is 22.4 Å². The minimum atomic E-state index is 0.475. The summed E-state index contributed by atoms with van der Waals surface area (Å²) in [6.07, 6.45) is 0. The van der Waals surface area contributed by atoms with Crippen molar-refractivity contribution in [2.45, 2.75) is 6.92 Å². The molecule has 3 N–H and O–H groups in total. The number of ether oxygens (including phenoxy) is 2. The first-order valence-electron chi connectivity index (χ1n) is 6.88. The standard InChI is InChI=1S/C16H16ClN3O2/c1-3-22-14-7-9(6-11(17)15(14)21-2)16-19-12-5-4-10(18)8-13(12)20-16/h4-8H,3,18H2,1-2H3,(H,19,20). The number of imidazole rings is 1. The molecule has 0 radical (unpaired) electrons. The minimum absolute atomic E-state index is 0.475. The highest BCUT2D eigenvalue weighted by Gasteiger charge is 2.14. The van der Waals surface area contributed by atoms with Crippen LogP contribution in [0.3, 0.4) is 0 Å². The Morgan fingerprint density at radius 1 is 1.27 bits per heavy atom. The number of aromatic amines is 1. The van der Waals surface area contributed by atoms with Crippen LogP contribution in [0.4, 0.5) is 5.69 Å². The maximum atomic E-state index is 6.28. The largest absolute Gasteiger partial charge is 0.491 e. The van der Waals surface area contributed by atoms with E-state index in [1.807, 2.05) is 31.2 Å². The molecule has 1 heterocycles. The molecule has 3 rings (SSSR count). The zero-order valence-electron chi connectivity index (χ0n) is 12.3. The minimum Gasteiger partial charge on any atom is -0.491 e. The quantitative estimate of drug-likeness (QED) is 0.716. The molecule has 1 aromatic heterocycles. The molecule has 5 nitrogen and oxygen atoms in total. The number of anilines is 1. The third-order valence-electron chi connectivity index (χ3n) is 3.29. The first-order chi connectivity index (χ1) is 10.6. The van der Waals surface area contributed by atoms with Crippen LogP contribution < -0.4 is 15.2 Å². The number of nitrogen functional groups attached to an aromatic ring is 1. The van der Waals surface area contributed by atoms with E-state index in [9.17, 15) is 0 Å². The molecule has 0 atom stereocenters. The summed E-state index contributed by atoms with van der Waals surface area (Å²) in [5.74, 6) is 1.81. The van der Waals surface area contributed by atoms with Gasteiger partial charge in [-0.15, -0.1) is 0 Å². The lowest BCUT2D eigenvalue weighted by molar-refractivity contribution is 0.311. The molecular weight excluding hydrogens is 302 g/mol. The van der Waals surface area contributed by atoms with E-state index >= 15 is 0 Å². The van der Waals surface area contributed by atoms with Crippen LogP contribution in [0.2, 0.25) is 5.02 Å². The van der Waals surface area contributed by atoms with Gasteiger partial charge in [-0.2, -0.15) is 0 Å². The van der Waals surface area contributed by atoms with E-state index in [4.69, 9.17) is 26.8 Å². The Morgan fingerprint density at radius 2 is 2.09 bits per heavy atom. The average Bonchev–Trinajstić information content (AvgIpc) is 2.90. The molecule has 0 saturated heterocycles. The van der Waals surface area contributed by atoms with Gasteiger partial charge in [0, 0.05) is 11.3 Å². The monoisotopic (exact) mass is 317 g/mol. The van der Waals surface area contributed by atoms with Gasteiger partial charge in [0.05, 0.1) is 29.8 Å². The zero-order chi connectivity index (χ0) is 15.7. The molecular formula is C16H16ClN3O2. The van der Waals surface area contributed by atoms with Gasteiger partial charge in [0.1, 0.15) is 5.82 Å². The normalized spacial score (nSPS) is 10.9. The van der Waals surface area contributed by atoms with E-state index in [-0.39, 0.29) is 0 Å². The Balaban J connectivity index is 2.13. The molecule has 6 heteroatoms. The molecule has 114 valence electrons. The summed E-state index contributed by atoms with van der Waals surface area (Å²) < 4.78 is 10.9. The lowest BCUT2D eigenvalue weighted by Crippen LogP contribution is -1.97. The van der Waals surface area contributed by atoms with Crippen molar-refractivity contribution in [2.75, 3.05) is 19.5 Å². The first kappa shape index (κ1) is 14.5. The lowest BCUT2D eigenvalue weighted by Gasteiger charge is -2.12. The molecule has 0 bridgehead atoms. The van der Waals surface area contributed by atoms with Crippen LogP contribution in [0, 0.1) is 0 Å². The van der Waals surface area contributed by atoms with Crippen molar-refractivity contribution in [1.82, 2.24) is 9.97 Å². The van der Waals surface area contributed by atoms with Gasteiger partial charge in [-0.05, 0) is 37.3 Å². The molecule has 22 heavy (non-hydrogen) atoms. The molecule has 0 aliphatic heterocycles. The summed E-state index contributed by atoms with van der Waals surface area (Å²) in [4.78, 5) is 7.80. The van der Waals surface area contributed by atoms with Crippen LogP contribution in [-0.2, 0) is 0 Å². The zero-order valence-corrected chi connectivity index (χ0v) is 13.1. The highest BCUT2D eigenvalue weighted by Crippen LogP contribution is 2.39. The van der Waals surface area contributed by atoms with Crippen LogP contribution >= 0.6 is 11.6 Å². The molecule has 0 amide bonds. The van der Waals surface area contributed by atoms with Crippen molar-refractivity contribution in [2.24, 2.45) is 0 Å². The Labute approximate surface area is 133 Å². The van der Waals surface area contributed by atoms with Crippen LogP contribution in [0.15, 0.2) is 30.3 Å². The van der Waals surface area contributed by atoms with Gasteiger partial charge in [0.2, 0.25) is 0 Å². The third-order valence-corrected chi connectivity index (χ3v) is 3.57. The fourth-order valence-corrected chi connectivity index (χ4v) is 2.62. The number of hydrogen-bond donors (Lipinski definition) is 2. The summed E-state index contributed by atoms with van der Waals surface area (Å²) in [5.41, 5.74) is 9.02. The van der Waals surface area contributed by atoms with Crippen LogP contribution in [0.1, 0.15) is 6.92 Å². The first-order valence-corrected chi connectivity index (χ1v) is 7.26. The van der Waals surface area contributed by atoms with Gasteiger partial charge >= 0.3 is 0 Å². The van der Waals surface area contributed by atoms with E-state index in [1.165, 1.54) is 0 Å². The lowest BCUT2D eigenvalue weighted by atomic mass is 10.2. The number of halogens is 1. The summed E-state index contributed by atoms with van der Waals surface area (Å²) in [5, 5.41) is 0.475. The van der Waals surface area contributed by atoms with Crippen molar-refractivity contribution >= 4 is 28.3 Å². The van der Waals surface area contributed by atoms with Gasteiger partial charge in [0.15, 0.2) is 11.5 Å². The third kappa shape index (κ3) is 2.55. The van der Waals surface area contributed by atoms with Gasteiger partial charge < -0.3 is 20.2 Å². The van der Waals surface area contributed by atoms with Crippen molar-refractivity contribution in [1.29, 1.82) is 0 Å². The maximum Gasteiger partial charge on any atom is 0.179 e. The van der Waals surface area contributed by atoms with Crippen LogP contribution in [-0.4, -0.2) is 23.7 Å². The van der Waals surface area contributed by atoms with Gasteiger partial charge in [-0.1, -0.05) is 11.6 Å². The van der Waals surface area contributed by atoms with E-state index in [0.717, 1.165) is 16.6 Å². The molecule has 0 saturated carbocycles. The van der Waals surface area contributed by atoms with E-state index in [1.54, 1.807) is 13.2 Å². The predicted octanol–water partition coefficient (Wildman–Crippen LogP) is 3.87. The number of fused-ring (bicyclic) bond motifs is 1. The molecule has 0 fully saturated rings. The predicted molar refractivity (Wildman–Crippen MR) is 88.7 cm³/mol. The fourth-order valence-electron chi connectivity index (χ4n) is 2.33. The van der Waals surface area contributed by atoms with Gasteiger partial charge in [-0.25, -0.2) is 4.98 Å². The number of nitrogens with two attached hydrogens (primary N) is 1. The highest BCUT2D eigenvalue weighted by atomic mass is 35.5. The number of hydrogen-bond acceptors (Lipinski definition) is 4. The molecule has 0 unspecified atom stereocenters. The molecule has 0 aliphatic rings. The highest BCUT2D eigenvalue weighted by molar-refractivity contribution is 6.32. The number of nitrogens with zero attached hydrogens (tertiary/aromatic N) is 1. The smallest absolute Gasteiger partial charge is 0.179 e. The molecule has 3 aromatic rings. The van der Waals surface area contributed by atoms with Crippen molar-refractivity contribution in [3.05, 3.63) is 35.4 Å². The Kier molecular flexibility index (Phi) is 3.81. The number of aromatic nitrogens is 2.